The zero-order chi connectivity index (χ0) is 14.1. The second kappa shape index (κ2) is 5.19. The number of nitrogens with one attached hydrogen (secondary N) is 1. The molecule has 1 aliphatic heterocycles. The molecule has 0 saturated carbocycles. The van der Waals surface area contributed by atoms with Gasteiger partial charge in [-0.05, 0) is 48.1 Å². The average molecular weight is 306 g/mol. The number of rotatable bonds is 2. The van der Waals surface area contributed by atoms with E-state index in [2.05, 4.69) is 5.43 Å². The van der Waals surface area contributed by atoms with Crippen molar-refractivity contribution in [3.8, 4) is 0 Å². The molecule has 2 aromatic rings. The van der Waals surface area contributed by atoms with Gasteiger partial charge in [0.1, 0.15) is 11.8 Å². The van der Waals surface area contributed by atoms with Crippen LogP contribution in [0.1, 0.15) is 17.4 Å². The predicted octanol–water partition coefficient (Wildman–Crippen LogP) is 3.08. The Kier molecular flexibility index (Phi) is 3.38. The highest BCUT2D eigenvalue weighted by Gasteiger charge is 2.29. The van der Waals surface area contributed by atoms with Crippen molar-refractivity contribution in [3.05, 3.63) is 65.1 Å². The fourth-order valence-corrected chi connectivity index (χ4v) is 2.41. The Morgan fingerprint density at radius 3 is 2.65 bits per heavy atom. The molecule has 20 heavy (non-hydrogen) atoms. The van der Waals surface area contributed by atoms with Crippen LogP contribution >= 0.6 is 23.8 Å². The van der Waals surface area contributed by atoms with Gasteiger partial charge in [0.05, 0.1) is 12.0 Å². The maximum absolute atomic E-state index is 5.90. The Morgan fingerprint density at radius 2 is 2.05 bits per heavy atom. The minimum atomic E-state index is -0.159. The highest BCUT2D eigenvalue weighted by molar-refractivity contribution is 7.80. The lowest BCUT2D eigenvalue weighted by atomic mass is 10.1. The fraction of sp³-hybridized carbons (Fsp3) is 0.0714. The van der Waals surface area contributed by atoms with Crippen molar-refractivity contribution in [3.63, 3.8) is 0 Å². The molecule has 0 radical (unpaired) electrons. The molecule has 2 heterocycles. The van der Waals surface area contributed by atoms with Crippen molar-refractivity contribution in [2.24, 2.45) is 5.73 Å². The van der Waals surface area contributed by atoms with Crippen molar-refractivity contribution in [1.82, 2.24) is 10.4 Å². The van der Waals surface area contributed by atoms with E-state index in [0.29, 0.717) is 5.02 Å². The van der Waals surface area contributed by atoms with Crippen molar-refractivity contribution in [2.75, 3.05) is 0 Å². The number of hydrogen-bond acceptors (Lipinski definition) is 3. The van der Waals surface area contributed by atoms with E-state index in [-0.39, 0.29) is 11.2 Å². The highest BCUT2D eigenvalue weighted by Crippen LogP contribution is 2.31. The normalized spacial score (nSPS) is 17.8. The van der Waals surface area contributed by atoms with Crippen LogP contribution in [0.4, 0.5) is 0 Å². The molecule has 1 aromatic carbocycles. The maximum Gasteiger partial charge on any atom is 0.186 e. The highest BCUT2D eigenvalue weighted by atomic mass is 35.5. The van der Waals surface area contributed by atoms with Gasteiger partial charge in [-0.3, -0.25) is 5.43 Å². The monoisotopic (exact) mass is 305 g/mol. The number of nitrogens with two attached hydrogens (primary N) is 1. The van der Waals surface area contributed by atoms with E-state index in [9.17, 15) is 0 Å². The summed E-state index contributed by atoms with van der Waals surface area (Å²) in [5.41, 5.74) is 10.9. The lowest BCUT2D eigenvalue weighted by Gasteiger charge is -2.23. The van der Waals surface area contributed by atoms with Crippen LogP contribution in [-0.2, 0) is 0 Å². The lowest BCUT2D eigenvalue weighted by Crippen LogP contribution is -2.42. The molecule has 1 atom stereocenters. The summed E-state index contributed by atoms with van der Waals surface area (Å²) in [4.78, 5) is 0. The van der Waals surface area contributed by atoms with Crippen LogP contribution in [-0.4, -0.2) is 10.1 Å². The Balaban J connectivity index is 1.95. The van der Waals surface area contributed by atoms with Crippen molar-refractivity contribution in [1.29, 1.82) is 0 Å². The first kappa shape index (κ1) is 13.0. The number of furan rings is 1. The molecule has 0 amide bonds. The second-order valence-corrected chi connectivity index (χ2v) is 5.22. The minimum absolute atomic E-state index is 0.159. The second-order valence-electron chi connectivity index (χ2n) is 4.37. The molecule has 0 spiro atoms. The first-order valence-corrected chi connectivity index (χ1v) is 6.80. The molecule has 0 aliphatic carbocycles. The number of nitrogens with zero attached hydrogens (tertiary/aromatic N) is 1. The van der Waals surface area contributed by atoms with Gasteiger partial charge in [0.15, 0.2) is 5.11 Å². The first-order valence-electron chi connectivity index (χ1n) is 6.01. The molecule has 0 fully saturated rings. The van der Waals surface area contributed by atoms with Gasteiger partial charge in [-0.15, -0.1) is 0 Å². The average Bonchev–Trinajstić information content (AvgIpc) is 3.08. The third-order valence-electron chi connectivity index (χ3n) is 3.07. The summed E-state index contributed by atoms with van der Waals surface area (Å²) in [5, 5.41) is 2.64. The number of halogens is 1. The van der Waals surface area contributed by atoms with E-state index in [4.69, 9.17) is 34.0 Å². The van der Waals surface area contributed by atoms with Gasteiger partial charge in [0.2, 0.25) is 0 Å². The third-order valence-corrected chi connectivity index (χ3v) is 3.52. The van der Waals surface area contributed by atoms with Crippen LogP contribution in [0, 0.1) is 0 Å². The third kappa shape index (κ3) is 2.37. The van der Waals surface area contributed by atoms with Gasteiger partial charge in [0, 0.05) is 5.02 Å². The van der Waals surface area contributed by atoms with E-state index in [1.165, 1.54) is 0 Å². The van der Waals surface area contributed by atoms with Crippen LogP contribution in [0.15, 0.2) is 53.2 Å². The van der Waals surface area contributed by atoms with Crippen LogP contribution in [0.25, 0.3) is 5.70 Å². The predicted molar refractivity (Wildman–Crippen MR) is 82.6 cm³/mol. The van der Waals surface area contributed by atoms with E-state index in [0.717, 1.165) is 17.0 Å². The van der Waals surface area contributed by atoms with E-state index < -0.39 is 0 Å². The molecule has 102 valence electrons. The van der Waals surface area contributed by atoms with Gasteiger partial charge in [-0.25, -0.2) is 5.01 Å². The summed E-state index contributed by atoms with van der Waals surface area (Å²) >= 11 is 11.0. The Labute approximate surface area is 126 Å². The number of benzene rings is 1. The molecule has 0 bridgehead atoms. The van der Waals surface area contributed by atoms with Crippen LogP contribution in [0.3, 0.4) is 0 Å². The number of thiocarbonyl (C=S) groups is 1. The van der Waals surface area contributed by atoms with Crippen molar-refractivity contribution >= 4 is 34.6 Å². The van der Waals surface area contributed by atoms with Crippen LogP contribution in [0.5, 0.6) is 0 Å². The quantitative estimate of drug-likeness (QED) is 0.835. The number of hydrazine groups is 1. The Morgan fingerprint density at radius 1 is 1.30 bits per heavy atom. The lowest BCUT2D eigenvalue weighted by molar-refractivity contribution is 0.304. The topological polar surface area (TPSA) is 54.4 Å². The summed E-state index contributed by atoms with van der Waals surface area (Å²) in [5.74, 6) is 0.772. The van der Waals surface area contributed by atoms with Crippen molar-refractivity contribution in [2.45, 2.75) is 6.04 Å². The van der Waals surface area contributed by atoms with E-state index >= 15 is 0 Å². The zero-order valence-corrected chi connectivity index (χ0v) is 12.0. The first-order chi connectivity index (χ1) is 9.65. The maximum atomic E-state index is 5.90. The summed E-state index contributed by atoms with van der Waals surface area (Å²) < 4.78 is 5.44. The van der Waals surface area contributed by atoms with E-state index in [1.54, 1.807) is 11.3 Å². The van der Waals surface area contributed by atoms with Crippen LogP contribution < -0.4 is 11.2 Å². The Hall–Kier alpha value is -1.98. The molecule has 0 saturated heterocycles. The van der Waals surface area contributed by atoms with E-state index in [1.807, 2.05) is 42.5 Å². The molecular weight excluding hydrogens is 294 g/mol. The SMILES string of the molecule is NC(=S)N1NC(c2ccc(Cl)cc2)=C[C@@H]1c1ccco1. The molecule has 1 aromatic heterocycles. The van der Waals surface area contributed by atoms with Crippen molar-refractivity contribution < 1.29 is 4.42 Å². The molecule has 6 heteroatoms. The molecule has 3 rings (SSSR count). The van der Waals surface area contributed by atoms with Gasteiger partial charge < -0.3 is 10.2 Å². The minimum Gasteiger partial charge on any atom is -0.467 e. The van der Waals surface area contributed by atoms with Gasteiger partial charge in [0.25, 0.3) is 0 Å². The fourth-order valence-electron chi connectivity index (χ4n) is 2.12. The van der Waals surface area contributed by atoms with Gasteiger partial charge in [-0.2, -0.15) is 0 Å². The summed E-state index contributed by atoms with van der Waals surface area (Å²) in [7, 11) is 0. The molecule has 0 unspecified atom stereocenters. The summed E-state index contributed by atoms with van der Waals surface area (Å²) in [6.07, 6.45) is 3.64. The summed E-state index contributed by atoms with van der Waals surface area (Å²) in [6.45, 7) is 0. The van der Waals surface area contributed by atoms with Gasteiger partial charge in [-0.1, -0.05) is 23.7 Å². The molecular formula is C14H12ClN3OS. The summed E-state index contributed by atoms with van der Waals surface area (Å²) in [6, 6.07) is 11.1. The largest absolute Gasteiger partial charge is 0.467 e. The molecule has 1 aliphatic rings. The number of hydrogen-bond donors (Lipinski definition) is 2. The van der Waals surface area contributed by atoms with Crippen LogP contribution in [0.2, 0.25) is 5.02 Å². The smallest absolute Gasteiger partial charge is 0.186 e. The zero-order valence-electron chi connectivity index (χ0n) is 10.4. The Bertz CT molecular complexity index is 652. The molecule has 3 N–H and O–H groups in total. The van der Waals surface area contributed by atoms with Gasteiger partial charge >= 0.3 is 0 Å². The standard InChI is InChI=1S/C14H12ClN3OS/c15-10-5-3-9(4-6-10)11-8-12(13-2-1-7-19-13)18(17-11)14(16)20/h1-8,12,17H,(H2,16,20)/t12-/m1/s1. The molecule has 4 nitrogen and oxygen atoms in total.